The summed E-state index contributed by atoms with van der Waals surface area (Å²) < 4.78 is 1.24. The Hall–Kier alpha value is -2.18. The van der Waals surface area contributed by atoms with Crippen molar-refractivity contribution in [1.82, 2.24) is 20.4 Å². The minimum atomic E-state index is -0.471. The molecule has 7 nitrogen and oxygen atoms in total. The first-order valence-corrected chi connectivity index (χ1v) is 6.71. The third-order valence-corrected chi connectivity index (χ3v) is 2.52. The van der Waals surface area contributed by atoms with Gasteiger partial charge in [-0.05, 0) is 18.9 Å². The van der Waals surface area contributed by atoms with Crippen molar-refractivity contribution < 1.29 is 9.59 Å². The van der Waals surface area contributed by atoms with E-state index in [2.05, 4.69) is 15.7 Å². The second-order valence-electron chi connectivity index (χ2n) is 4.31. The van der Waals surface area contributed by atoms with E-state index >= 15 is 0 Å². The van der Waals surface area contributed by atoms with Crippen LogP contribution in [0.3, 0.4) is 0 Å². The molecule has 0 aliphatic rings. The maximum atomic E-state index is 11.8. The Kier molecular flexibility index (Phi) is 6.42. The highest BCUT2D eigenvalue weighted by Gasteiger charge is 2.10. The molecule has 2 N–H and O–H groups in total. The molecule has 110 valence electrons. The van der Waals surface area contributed by atoms with Gasteiger partial charge in [-0.15, -0.1) is 0 Å². The van der Waals surface area contributed by atoms with E-state index < -0.39 is 5.91 Å². The maximum Gasteiger partial charge on any atom is 0.272 e. The van der Waals surface area contributed by atoms with E-state index in [0.717, 1.165) is 12.8 Å². The van der Waals surface area contributed by atoms with Gasteiger partial charge in [-0.3, -0.25) is 14.4 Å². The quantitative estimate of drug-likeness (QED) is 0.730. The van der Waals surface area contributed by atoms with Gasteiger partial charge in [0.2, 0.25) is 5.91 Å². The summed E-state index contributed by atoms with van der Waals surface area (Å²) in [5, 5.41) is 9.08. The Labute approximate surface area is 117 Å². The highest BCUT2D eigenvalue weighted by Crippen LogP contribution is 1.91. The number of rotatable bonds is 7. The molecule has 1 rings (SSSR count). The number of hydrogen-bond donors (Lipinski definition) is 2. The Morgan fingerprint density at radius 1 is 1.20 bits per heavy atom. The zero-order valence-electron chi connectivity index (χ0n) is 11.8. The van der Waals surface area contributed by atoms with Crippen LogP contribution >= 0.6 is 0 Å². The van der Waals surface area contributed by atoms with Crippen LogP contribution in [0.15, 0.2) is 16.9 Å². The first-order valence-electron chi connectivity index (χ1n) is 6.71. The normalized spacial score (nSPS) is 10.1. The first kappa shape index (κ1) is 15.9. The fraction of sp³-hybridized carbons (Fsp3) is 0.538. The Morgan fingerprint density at radius 3 is 2.60 bits per heavy atom. The average Bonchev–Trinajstić information content (AvgIpc) is 2.45. The van der Waals surface area contributed by atoms with E-state index in [4.69, 9.17) is 0 Å². The van der Waals surface area contributed by atoms with Gasteiger partial charge in [0.25, 0.3) is 11.5 Å². The number of amides is 2. The van der Waals surface area contributed by atoms with Gasteiger partial charge >= 0.3 is 0 Å². The van der Waals surface area contributed by atoms with Crippen LogP contribution in [0, 0.1) is 0 Å². The van der Waals surface area contributed by atoms with Gasteiger partial charge < -0.3 is 10.6 Å². The number of aryl methyl sites for hydroxylation is 1. The minimum absolute atomic E-state index is 0.104. The van der Waals surface area contributed by atoms with Crippen molar-refractivity contribution in [3.8, 4) is 0 Å². The summed E-state index contributed by atoms with van der Waals surface area (Å²) in [5.41, 5.74) is -0.120. The largest absolute Gasteiger partial charge is 0.355 e. The topological polar surface area (TPSA) is 93.1 Å². The monoisotopic (exact) mass is 280 g/mol. The van der Waals surface area contributed by atoms with Gasteiger partial charge in [0.1, 0.15) is 5.69 Å². The molecular formula is C13H20N4O3. The maximum absolute atomic E-state index is 11.8. The summed E-state index contributed by atoms with van der Waals surface area (Å²) >= 11 is 0. The molecule has 1 aromatic heterocycles. The van der Waals surface area contributed by atoms with Crippen molar-refractivity contribution in [2.24, 2.45) is 0 Å². The molecule has 7 heteroatoms. The Bertz CT molecular complexity index is 525. The van der Waals surface area contributed by atoms with Crippen molar-refractivity contribution in [2.75, 3.05) is 13.1 Å². The van der Waals surface area contributed by atoms with Crippen molar-refractivity contribution >= 4 is 11.8 Å². The molecule has 0 fully saturated rings. The molecule has 0 saturated heterocycles. The number of aromatic nitrogens is 2. The molecule has 0 saturated carbocycles. The van der Waals surface area contributed by atoms with Crippen molar-refractivity contribution in [3.63, 3.8) is 0 Å². The van der Waals surface area contributed by atoms with Crippen LogP contribution in [-0.4, -0.2) is 34.7 Å². The van der Waals surface area contributed by atoms with Crippen LogP contribution in [0.1, 0.15) is 37.2 Å². The Morgan fingerprint density at radius 2 is 1.95 bits per heavy atom. The second-order valence-corrected chi connectivity index (χ2v) is 4.31. The number of carbonyl (C=O) groups excluding carboxylic acids is 2. The SMILES string of the molecule is CCCNC(=O)CNC(=O)c1ccc(=O)n(CCC)n1. The zero-order chi connectivity index (χ0) is 15.0. The zero-order valence-corrected chi connectivity index (χ0v) is 11.8. The highest BCUT2D eigenvalue weighted by molar-refractivity contribution is 5.94. The van der Waals surface area contributed by atoms with Gasteiger partial charge in [0.05, 0.1) is 6.54 Å². The minimum Gasteiger partial charge on any atom is -0.355 e. The summed E-state index contributed by atoms with van der Waals surface area (Å²) in [6, 6.07) is 2.66. The average molecular weight is 280 g/mol. The molecule has 0 bridgehead atoms. The van der Waals surface area contributed by atoms with Gasteiger partial charge in [-0.1, -0.05) is 13.8 Å². The van der Waals surface area contributed by atoms with E-state index in [1.807, 2.05) is 13.8 Å². The van der Waals surface area contributed by atoms with Crippen LogP contribution in [0.5, 0.6) is 0 Å². The number of hydrogen-bond acceptors (Lipinski definition) is 4. The summed E-state index contributed by atoms with van der Waals surface area (Å²) in [5.74, 6) is -0.719. The molecule has 2 amide bonds. The smallest absolute Gasteiger partial charge is 0.272 e. The van der Waals surface area contributed by atoms with E-state index in [9.17, 15) is 14.4 Å². The molecule has 1 heterocycles. The third-order valence-electron chi connectivity index (χ3n) is 2.52. The molecule has 0 unspecified atom stereocenters. The highest BCUT2D eigenvalue weighted by atomic mass is 16.2. The molecule has 0 atom stereocenters. The molecule has 0 spiro atoms. The summed E-state index contributed by atoms with van der Waals surface area (Å²) in [7, 11) is 0. The van der Waals surface area contributed by atoms with E-state index in [1.165, 1.54) is 16.8 Å². The van der Waals surface area contributed by atoms with Gasteiger partial charge in [0, 0.05) is 19.2 Å². The van der Waals surface area contributed by atoms with Gasteiger partial charge in [-0.25, -0.2) is 4.68 Å². The number of nitrogens with one attached hydrogen (secondary N) is 2. The predicted molar refractivity (Wildman–Crippen MR) is 74.4 cm³/mol. The van der Waals surface area contributed by atoms with E-state index in [0.29, 0.717) is 13.1 Å². The molecule has 0 aromatic carbocycles. The van der Waals surface area contributed by atoms with E-state index in [1.54, 1.807) is 0 Å². The van der Waals surface area contributed by atoms with Crippen molar-refractivity contribution in [1.29, 1.82) is 0 Å². The molecule has 0 radical (unpaired) electrons. The number of carbonyl (C=O) groups is 2. The fourth-order valence-corrected chi connectivity index (χ4v) is 1.52. The molecule has 0 aliphatic heterocycles. The summed E-state index contributed by atoms with van der Waals surface area (Å²) in [6.45, 7) is 4.79. The van der Waals surface area contributed by atoms with Crippen molar-refractivity contribution in [2.45, 2.75) is 33.2 Å². The van der Waals surface area contributed by atoms with Gasteiger partial charge in [-0.2, -0.15) is 5.10 Å². The van der Waals surface area contributed by atoms with E-state index in [-0.39, 0.29) is 23.7 Å². The lowest BCUT2D eigenvalue weighted by molar-refractivity contribution is -0.120. The van der Waals surface area contributed by atoms with Crippen LogP contribution in [0.25, 0.3) is 0 Å². The molecule has 20 heavy (non-hydrogen) atoms. The molecule has 0 aliphatic carbocycles. The third kappa shape index (κ3) is 4.83. The lowest BCUT2D eigenvalue weighted by Gasteiger charge is -2.07. The lowest BCUT2D eigenvalue weighted by Crippen LogP contribution is -2.38. The van der Waals surface area contributed by atoms with Crippen molar-refractivity contribution in [3.05, 3.63) is 28.2 Å². The van der Waals surface area contributed by atoms with Crippen LogP contribution in [0.4, 0.5) is 0 Å². The standard InChI is InChI=1S/C13H20N4O3/c1-3-7-14-11(18)9-15-13(20)10-5-6-12(19)17(16-10)8-4-2/h5-6H,3-4,7-9H2,1-2H3,(H,14,18)(H,15,20). The number of nitrogens with zero attached hydrogens (tertiary/aromatic N) is 2. The Balaban J connectivity index is 2.61. The van der Waals surface area contributed by atoms with Crippen LogP contribution < -0.4 is 16.2 Å². The lowest BCUT2D eigenvalue weighted by atomic mass is 10.3. The first-order chi connectivity index (χ1) is 9.58. The molecular weight excluding hydrogens is 260 g/mol. The molecule has 1 aromatic rings. The summed E-state index contributed by atoms with van der Waals surface area (Å²) in [6.07, 6.45) is 1.58. The predicted octanol–water partition coefficient (Wildman–Crippen LogP) is -0.0907. The van der Waals surface area contributed by atoms with Gasteiger partial charge in [0.15, 0.2) is 0 Å². The second kappa shape index (κ2) is 8.08. The van der Waals surface area contributed by atoms with Crippen LogP contribution in [0.2, 0.25) is 0 Å². The fourth-order valence-electron chi connectivity index (χ4n) is 1.52. The summed E-state index contributed by atoms with van der Waals surface area (Å²) in [4.78, 5) is 34.7. The van der Waals surface area contributed by atoms with Crippen LogP contribution in [-0.2, 0) is 11.3 Å².